The van der Waals surface area contributed by atoms with E-state index in [0.717, 1.165) is 24.3 Å². The normalized spacial score (nSPS) is 11.8. The molecule has 9 heteroatoms. The third-order valence-corrected chi connectivity index (χ3v) is 3.99. The van der Waals surface area contributed by atoms with Gasteiger partial charge in [-0.1, -0.05) is 17.7 Å². The maximum atomic E-state index is 12.7. The van der Waals surface area contributed by atoms with Crippen molar-refractivity contribution in [3.8, 4) is 11.8 Å². The molecule has 0 aliphatic rings. The van der Waals surface area contributed by atoms with Crippen molar-refractivity contribution in [3.63, 3.8) is 0 Å². The van der Waals surface area contributed by atoms with Crippen LogP contribution in [0.15, 0.2) is 46.4 Å². The Kier molecular flexibility index (Phi) is 5.95. The second kappa shape index (κ2) is 7.81. The molecular weight excluding hydrogens is 437 g/mol. The zero-order chi connectivity index (χ0) is 19.5. The quantitative estimate of drug-likeness (QED) is 0.493. The highest BCUT2D eigenvalue weighted by Gasteiger charge is 2.30. The molecule has 0 fully saturated rings. The number of carbonyl (C=O) groups is 1. The number of hydrogen-bond donors (Lipinski definition) is 2. The molecule has 0 saturated carbocycles. The van der Waals surface area contributed by atoms with Crippen molar-refractivity contribution in [1.82, 2.24) is 0 Å². The molecule has 2 aromatic rings. The number of phenols is 1. The van der Waals surface area contributed by atoms with Gasteiger partial charge in [0.25, 0.3) is 5.91 Å². The Morgan fingerprint density at radius 1 is 1.31 bits per heavy atom. The number of anilines is 1. The Balaban J connectivity index is 2.32. The highest BCUT2D eigenvalue weighted by molar-refractivity contribution is 9.10. The number of aromatic hydroxyl groups is 1. The maximum Gasteiger partial charge on any atom is 0.416 e. The van der Waals surface area contributed by atoms with E-state index in [2.05, 4.69) is 21.2 Å². The standard InChI is InChI=1S/C17H9BrClF3N2O2/c18-14-7-12(19)5-9(15(14)25)4-10(8-23)16(26)24-13-3-1-2-11(6-13)17(20,21)22/h1-7,25H,(H,24,26)/b10-4-. The van der Waals surface area contributed by atoms with Gasteiger partial charge in [-0.05, 0) is 52.3 Å². The lowest BCUT2D eigenvalue weighted by molar-refractivity contribution is -0.137. The van der Waals surface area contributed by atoms with Gasteiger partial charge >= 0.3 is 6.18 Å². The summed E-state index contributed by atoms with van der Waals surface area (Å²) >= 11 is 8.93. The largest absolute Gasteiger partial charge is 0.506 e. The molecular formula is C17H9BrClF3N2O2. The number of amides is 1. The molecule has 0 spiro atoms. The van der Waals surface area contributed by atoms with Gasteiger partial charge in [-0.3, -0.25) is 4.79 Å². The first-order valence-electron chi connectivity index (χ1n) is 6.90. The van der Waals surface area contributed by atoms with E-state index in [9.17, 15) is 23.1 Å². The van der Waals surface area contributed by atoms with Gasteiger partial charge in [0.05, 0.1) is 10.0 Å². The van der Waals surface area contributed by atoms with Crippen molar-refractivity contribution in [2.24, 2.45) is 0 Å². The minimum absolute atomic E-state index is 0.0973. The molecule has 0 aromatic heterocycles. The van der Waals surface area contributed by atoms with Crippen LogP contribution < -0.4 is 5.32 Å². The SMILES string of the molecule is N#C/C(=C/c1cc(Cl)cc(Br)c1O)C(=O)Nc1cccc(C(F)(F)F)c1. The number of benzene rings is 2. The zero-order valence-corrected chi connectivity index (χ0v) is 15.1. The smallest absolute Gasteiger partial charge is 0.416 e. The second-order valence-electron chi connectivity index (χ2n) is 5.03. The average molecular weight is 446 g/mol. The lowest BCUT2D eigenvalue weighted by atomic mass is 10.1. The fourth-order valence-corrected chi connectivity index (χ4v) is 2.81. The first-order valence-corrected chi connectivity index (χ1v) is 8.07. The highest BCUT2D eigenvalue weighted by atomic mass is 79.9. The number of halogens is 5. The number of hydrogen-bond acceptors (Lipinski definition) is 3. The van der Waals surface area contributed by atoms with Crippen LogP contribution in [0.2, 0.25) is 5.02 Å². The first-order chi connectivity index (χ1) is 12.1. The Morgan fingerprint density at radius 3 is 2.62 bits per heavy atom. The Hall–Kier alpha value is -2.50. The summed E-state index contributed by atoms with van der Waals surface area (Å²) in [6.45, 7) is 0. The number of nitrogens with one attached hydrogen (secondary N) is 1. The number of rotatable bonds is 3. The number of phenolic OH excluding ortho intramolecular Hbond substituents is 1. The van der Waals surface area contributed by atoms with Crippen molar-refractivity contribution in [2.45, 2.75) is 6.18 Å². The van der Waals surface area contributed by atoms with Gasteiger partial charge in [-0.15, -0.1) is 0 Å². The monoisotopic (exact) mass is 444 g/mol. The Labute approximate surface area is 159 Å². The number of nitriles is 1. The van der Waals surface area contributed by atoms with Crippen LogP contribution in [-0.2, 0) is 11.0 Å². The highest BCUT2D eigenvalue weighted by Crippen LogP contribution is 2.33. The van der Waals surface area contributed by atoms with E-state index < -0.39 is 23.2 Å². The van der Waals surface area contributed by atoms with Crippen LogP contribution in [-0.4, -0.2) is 11.0 Å². The third-order valence-electron chi connectivity index (χ3n) is 3.17. The first kappa shape index (κ1) is 19.8. The van der Waals surface area contributed by atoms with E-state index in [1.807, 2.05) is 0 Å². The molecule has 0 heterocycles. The Bertz CT molecular complexity index is 937. The topological polar surface area (TPSA) is 73.1 Å². The molecule has 2 N–H and O–H groups in total. The summed E-state index contributed by atoms with van der Waals surface area (Å²) in [4.78, 5) is 12.2. The van der Waals surface area contributed by atoms with Gasteiger partial charge in [0.2, 0.25) is 0 Å². The molecule has 0 aliphatic carbocycles. The molecule has 1 amide bonds. The third kappa shape index (κ3) is 4.77. The van der Waals surface area contributed by atoms with Crippen molar-refractivity contribution in [2.75, 3.05) is 5.32 Å². The molecule has 0 unspecified atom stereocenters. The van der Waals surface area contributed by atoms with Gasteiger partial charge in [-0.2, -0.15) is 18.4 Å². The maximum absolute atomic E-state index is 12.7. The van der Waals surface area contributed by atoms with Crippen molar-refractivity contribution >= 4 is 45.2 Å². The van der Waals surface area contributed by atoms with Crippen LogP contribution in [0, 0.1) is 11.3 Å². The summed E-state index contributed by atoms with van der Waals surface area (Å²) in [5.74, 6) is -1.17. The van der Waals surface area contributed by atoms with Gasteiger partial charge in [0.1, 0.15) is 17.4 Å². The summed E-state index contributed by atoms with van der Waals surface area (Å²) in [7, 11) is 0. The summed E-state index contributed by atoms with van der Waals surface area (Å²) in [5, 5.41) is 21.6. The van der Waals surface area contributed by atoms with Crippen LogP contribution in [0.4, 0.5) is 18.9 Å². The summed E-state index contributed by atoms with van der Waals surface area (Å²) in [6, 6.07) is 8.39. The lowest BCUT2D eigenvalue weighted by Crippen LogP contribution is -2.14. The van der Waals surface area contributed by atoms with E-state index in [-0.39, 0.29) is 26.5 Å². The number of alkyl halides is 3. The second-order valence-corrected chi connectivity index (χ2v) is 6.32. The number of nitrogens with zero attached hydrogens (tertiary/aromatic N) is 1. The molecule has 2 rings (SSSR count). The van der Waals surface area contributed by atoms with Crippen molar-refractivity contribution in [3.05, 3.63) is 62.6 Å². The van der Waals surface area contributed by atoms with Crippen LogP contribution in [0.5, 0.6) is 5.75 Å². The molecule has 2 aromatic carbocycles. The van der Waals surface area contributed by atoms with Crippen LogP contribution in [0.3, 0.4) is 0 Å². The molecule has 134 valence electrons. The van der Waals surface area contributed by atoms with Crippen LogP contribution in [0.25, 0.3) is 6.08 Å². The average Bonchev–Trinajstić information content (AvgIpc) is 2.56. The zero-order valence-electron chi connectivity index (χ0n) is 12.7. The molecule has 0 radical (unpaired) electrons. The summed E-state index contributed by atoms with van der Waals surface area (Å²) < 4.78 is 38.4. The minimum atomic E-state index is -4.56. The Morgan fingerprint density at radius 2 is 2.00 bits per heavy atom. The summed E-state index contributed by atoms with van der Waals surface area (Å²) in [6.07, 6.45) is -3.48. The van der Waals surface area contributed by atoms with E-state index >= 15 is 0 Å². The molecule has 0 aliphatic heterocycles. The summed E-state index contributed by atoms with van der Waals surface area (Å²) in [5.41, 5.74) is -1.39. The number of carbonyl (C=O) groups excluding carboxylic acids is 1. The molecule has 0 atom stereocenters. The fraction of sp³-hybridized carbons (Fsp3) is 0.0588. The predicted octanol–water partition coefficient (Wildman–Crippen LogP) is 5.37. The van der Waals surface area contributed by atoms with Crippen LogP contribution in [0.1, 0.15) is 11.1 Å². The van der Waals surface area contributed by atoms with Gasteiger partial charge < -0.3 is 10.4 Å². The lowest BCUT2D eigenvalue weighted by Gasteiger charge is -2.10. The van der Waals surface area contributed by atoms with Gasteiger partial charge in [0.15, 0.2) is 0 Å². The van der Waals surface area contributed by atoms with Crippen molar-refractivity contribution in [1.29, 1.82) is 5.26 Å². The minimum Gasteiger partial charge on any atom is -0.506 e. The van der Waals surface area contributed by atoms with E-state index in [1.165, 1.54) is 18.2 Å². The molecule has 26 heavy (non-hydrogen) atoms. The predicted molar refractivity (Wildman–Crippen MR) is 94.5 cm³/mol. The van der Waals surface area contributed by atoms with Crippen molar-refractivity contribution < 1.29 is 23.1 Å². The van der Waals surface area contributed by atoms with E-state index in [0.29, 0.717) is 0 Å². The van der Waals surface area contributed by atoms with E-state index in [1.54, 1.807) is 6.07 Å². The molecule has 0 saturated heterocycles. The molecule has 0 bridgehead atoms. The van der Waals surface area contributed by atoms with E-state index in [4.69, 9.17) is 16.9 Å². The van der Waals surface area contributed by atoms with Crippen LogP contribution >= 0.6 is 27.5 Å². The fourth-order valence-electron chi connectivity index (χ4n) is 1.97. The van der Waals surface area contributed by atoms with Gasteiger partial charge in [0, 0.05) is 16.3 Å². The van der Waals surface area contributed by atoms with Gasteiger partial charge in [-0.25, -0.2) is 0 Å². The molecule has 4 nitrogen and oxygen atoms in total.